The van der Waals surface area contributed by atoms with Gasteiger partial charge in [0.2, 0.25) is 0 Å². The normalized spacial score (nSPS) is 11.9. The second kappa shape index (κ2) is 3.87. The van der Waals surface area contributed by atoms with E-state index in [1.165, 1.54) is 0 Å². The van der Waals surface area contributed by atoms with Crippen molar-refractivity contribution in [1.29, 1.82) is 0 Å². The first-order chi connectivity index (χ1) is 7.89. The van der Waals surface area contributed by atoms with Gasteiger partial charge < -0.3 is 9.67 Å². The number of fused-ring (bicyclic) bond motifs is 1. The minimum Gasteiger partial charge on any atom is -0.481 e. The Morgan fingerprint density at radius 1 is 1.35 bits per heavy atom. The van der Waals surface area contributed by atoms with E-state index in [1.54, 1.807) is 0 Å². The van der Waals surface area contributed by atoms with Crippen LogP contribution in [0.25, 0.3) is 11.0 Å². The van der Waals surface area contributed by atoms with Gasteiger partial charge in [0.1, 0.15) is 12.2 Å². The smallest absolute Gasteiger partial charge is 0.311 e. The molecule has 0 aliphatic carbocycles. The van der Waals surface area contributed by atoms with Gasteiger partial charge in [0.15, 0.2) is 0 Å². The molecule has 0 saturated carbocycles. The van der Waals surface area contributed by atoms with Crippen LogP contribution in [0, 0.1) is 0 Å². The van der Waals surface area contributed by atoms with Crippen molar-refractivity contribution in [3.63, 3.8) is 0 Å². The van der Waals surface area contributed by atoms with E-state index < -0.39 is 5.97 Å². The van der Waals surface area contributed by atoms with Gasteiger partial charge in [0, 0.05) is 5.54 Å². The molecule has 0 amide bonds. The van der Waals surface area contributed by atoms with Crippen LogP contribution in [0.5, 0.6) is 0 Å². The van der Waals surface area contributed by atoms with Gasteiger partial charge in [0.05, 0.1) is 11.0 Å². The Balaban J connectivity index is 2.69. The standard InChI is InChI=1S/C13H16N2O2/c1-13(2,3)15-10-7-5-4-6-9(10)14-11(15)8-12(16)17/h4-7H,8H2,1-3H3,(H,16,17). The Morgan fingerprint density at radius 3 is 2.59 bits per heavy atom. The molecule has 0 radical (unpaired) electrons. The Morgan fingerprint density at radius 2 is 2.00 bits per heavy atom. The number of hydrogen-bond acceptors (Lipinski definition) is 2. The highest BCUT2D eigenvalue weighted by atomic mass is 16.4. The molecule has 0 aliphatic rings. The Labute approximate surface area is 99.9 Å². The lowest BCUT2D eigenvalue weighted by atomic mass is 10.1. The molecule has 0 atom stereocenters. The van der Waals surface area contributed by atoms with Gasteiger partial charge in [-0.1, -0.05) is 12.1 Å². The van der Waals surface area contributed by atoms with Crippen LogP contribution in [0.3, 0.4) is 0 Å². The Bertz CT molecular complexity index is 564. The topological polar surface area (TPSA) is 55.1 Å². The molecule has 0 bridgehead atoms. The average Bonchev–Trinajstić information content (AvgIpc) is 2.53. The van der Waals surface area contributed by atoms with E-state index >= 15 is 0 Å². The van der Waals surface area contributed by atoms with E-state index in [0.29, 0.717) is 5.82 Å². The maximum atomic E-state index is 10.9. The lowest BCUT2D eigenvalue weighted by molar-refractivity contribution is -0.136. The number of carboxylic acid groups (broad SMARTS) is 1. The van der Waals surface area contributed by atoms with E-state index in [0.717, 1.165) is 11.0 Å². The van der Waals surface area contributed by atoms with Crippen LogP contribution in [0.2, 0.25) is 0 Å². The zero-order chi connectivity index (χ0) is 12.6. The number of nitrogens with zero attached hydrogens (tertiary/aromatic N) is 2. The van der Waals surface area contributed by atoms with Crippen molar-refractivity contribution in [3.05, 3.63) is 30.1 Å². The first-order valence-electron chi connectivity index (χ1n) is 5.58. The maximum absolute atomic E-state index is 10.9. The second-order valence-corrected chi connectivity index (χ2v) is 5.09. The lowest BCUT2D eigenvalue weighted by Gasteiger charge is -2.24. The van der Waals surface area contributed by atoms with Crippen molar-refractivity contribution in [2.24, 2.45) is 0 Å². The summed E-state index contributed by atoms with van der Waals surface area (Å²) in [6.07, 6.45) is -0.0497. The van der Waals surface area contributed by atoms with Crippen LogP contribution < -0.4 is 0 Å². The van der Waals surface area contributed by atoms with Crippen LogP contribution in [-0.4, -0.2) is 20.6 Å². The highest BCUT2D eigenvalue weighted by Gasteiger charge is 2.22. The summed E-state index contributed by atoms with van der Waals surface area (Å²) >= 11 is 0. The van der Waals surface area contributed by atoms with E-state index in [2.05, 4.69) is 4.98 Å². The zero-order valence-electron chi connectivity index (χ0n) is 10.3. The molecule has 2 rings (SSSR count). The van der Waals surface area contributed by atoms with Gasteiger partial charge in [-0.3, -0.25) is 4.79 Å². The molecule has 1 aromatic heterocycles. The number of aromatic nitrogens is 2. The fourth-order valence-corrected chi connectivity index (χ4v) is 2.08. The Kier molecular flexibility index (Phi) is 2.65. The van der Waals surface area contributed by atoms with E-state index in [9.17, 15) is 4.79 Å². The predicted molar refractivity (Wildman–Crippen MR) is 66.1 cm³/mol. The fourth-order valence-electron chi connectivity index (χ4n) is 2.08. The highest BCUT2D eigenvalue weighted by molar-refractivity contribution is 5.78. The van der Waals surface area contributed by atoms with Crippen molar-refractivity contribution in [2.45, 2.75) is 32.7 Å². The highest BCUT2D eigenvalue weighted by Crippen LogP contribution is 2.25. The third-order valence-electron chi connectivity index (χ3n) is 2.61. The van der Waals surface area contributed by atoms with Crippen molar-refractivity contribution < 1.29 is 9.90 Å². The van der Waals surface area contributed by atoms with Gasteiger partial charge in [0.25, 0.3) is 0 Å². The molecule has 1 heterocycles. The molecule has 1 N–H and O–H groups in total. The summed E-state index contributed by atoms with van der Waals surface area (Å²) < 4.78 is 2.00. The number of benzene rings is 1. The number of para-hydroxylation sites is 2. The molecule has 0 fully saturated rings. The molecule has 2 aromatic rings. The van der Waals surface area contributed by atoms with Crippen LogP contribution in [0.15, 0.2) is 24.3 Å². The summed E-state index contributed by atoms with van der Waals surface area (Å²) in [5, 5.41) is 8.93. The van der Waals surface area contributed by atoms with Crippen LogP contribution in [0.1, 0.15) is 26.6 Å². The molecular weight excluding hydrogens is 216 g/mol. The number of rotatable bonds is 2. The van der Waals surface area contributed by atoms with Crippen LogP contribution in [0.4, 0.5) is 0 Å². The quantitative estimate of drug-likeness (QED) is 0.865. The molecule has 0 unspecified atom stereocenters. The van der Waals surface area contributed by atoms with Crippen molar-refractivity contribution in [1.82, 2.24) is 9.55 Å². The third-order valence-corrected chi connectivity index (χ3v) is 2.61. The molecule has 4 heteroatoms. The SMILES string of the molecule is CC(C)(C)n1c(CC(=O)O)nc2ccccc21. The summed E-state index contributed by atoms with van der Waals surface area (Å²) in [4.78, 5) is 15.3. The number of imidazole rings is 1. The third kappa shape index (κ3) is 2.16. The molecule has 0 spiro atoms. The van der Waals surface area contributed by atoms with E-state index in [-0.39, 0.29) is 12.0 Å². The lowest BCUT2D eigenvalue weighted by Crippen LogP contribution is -2.25. The van der Waals surface area contributed by atoms with Crippen LogP contribution >= 0.6 is 0 Å². The fraction of sp³-hybridized carbons (Fsp3) is 0.385. The summed E-state index contributed by atoms with van der Waals surface area (Å²) in [5.74, 6) is -0.253. The minimum absolute atomic E-state index is 0.0497. The van der Waals surface area contributed by atoms with E-state index in [4.69, 9.17) is 5.11 Å². The molecule has 4 nitrogen and oxygen atoms in total. The van der Waals surface area contributed by atoms with Gasteiger partial charge in [-0.15, -0.1) is 0 Å². The summed E-state index contributed by atoms with van der Waals surface area (Å²) in [5.41, 5.74) is 1.65. The molecule has 17 heavy (non-hydrogen) atoms. The molecular formula is C13H16N2O2. The number of carboxylic acids is 1. The first kappa shape index (κ1) is 11.6. The predicted octanol–water partition coefficient (Wildman–Crippen LogP) is 2.42. The van der Waals surface area contributed by atoms with Crippen LogP contribution in [-0.2, 0) is 16.8 Å². The second-order valence-electron chi connectivity index (χ2n) is 5.09. The summed E-state index contributed by atoms with van der Waals surface area (Å²) in [6, 6.07) is 7.73. The van der Waals surface area contributed by atoms with Gasteiger partial charge in [-0.25, -0.2) is 4.98 Å². The van der Waals surface area contributed by atoms with Crippen molar-refractivity contribution in [2.75, 3.05) is 0 Å². The average molecular weight is 232 g/mol. The monoisotopic (exact) mass is 232 g/mol. The molecule has 0 aliphatic heterocycles. The molecule has 90 valence electrons. The van der Waals surface area contributed by atoms with Crippen molar-refractivity contribution >= 4 is 17.0 Å². The first-order valence-corrected chi connectivity index (χ1v) is 5.58. The molecule has 0 saturated heterocycles. The summed E-state index contributed by atoms with van der Waals surface area (Å²) in [6.45, 7) is 6.14. The summed E-state index contributed by atoms with van der Waals surface area (Å²) in [7, 11) is 0. The van der Waals surface area contributed by atoms with Gasteiger partial charge in [-0.2, -0.15) is 0 Å². The van der Waals surface area contributed by atoms with Crippen molar-refractivity contribution in [3.8, 4) is 0 Å². The molecule has 1 aromatic carbocycles. The number of carbonyl (C=O) groups is 1. The minimum atomic E-state index is -0.856. The Hall–Kier alpha value is -1.84. The van der Waals surface area contributed by atoms with Gasteiger partial charge in [-0.05, 0) is 32.9 Å². The zero-order valence-corrected chi connectivity index (χ0v) is 10.3. The van der Waals surface area contributed by atoms with E-state index in [1.807, 2.05) is 49.6 Å². The maximum Gasteiger partial charge on any atom is 0.311 e. The van der Waals surface area contributed by atoms with Gasteiger partial charge >= 0.3 is 5.97 Å². The number of aliphatic carboxylic acids is 1. The largest absolute Gasteiger partial charge is 0.481 e. The number of hydrogen-bond donors (Lipinski definition) is 1.